The molecule has 3 heterocycles. The summed E-state index contributed by atoms with van der Waals surface area (Å²) < 4.78 is 32.3. The Morgan fingerprint density at radius 3 is 2.52 bits per heavy atom. The summed E-state index contributed by atoms with van der Waals surface area (Å²) in [7, 11) is -3.84. The molecule has 2 aliphatic heterocycles. The van der Waals surface area contributed by atoms with Crippen LogP contribution in [-0.2, 0) is 19.6 Å². The van der Waals surface area contributed by atoms with Gasteiger partial charge in [0.25, 0.3) is 5.69 Å². The van der Waals surface area contributed by atoms with Gasteiger partial charge in [-0.05, 0) is 37.1 Å². The van der Waals surface area contributed by atoms with Crippen LogP contribution in [0.2, 0.25) is 0 Å². The molecule has 176 valence electrons. The highest BCUT2D eigenvalue weighted by molar-refractivity contribution is 7.89. The fourth-order valence-corrected chi connectivity index (χ4v) is 5.51. The molecule has 0 radical (unpaired) electrons. The maximum Gasteiger partial charge on any atom is 0.293 e. The van der Waals surface area contributed by atoms with Crippen molar-refractivity contribution < 1.29 is 22.9 Å². The number of pyridine rings is 1. The lowest BCUT2D eigenvalue weighted by Gasteiger charge is -2.33. The fraction of sp³-hybridized carbons (Fsp3) is 0.429. The second-order valence-corrected chi connectivity index (χ2v) is 9.85. The maximum atomic E-state index is 12.9. The quantitative estimate of drug-likeness (QED) is 0.494. The summed E-state index contributed by atoms with van der Waals surface area (Å²) in [4.78, 5) is 29.5. The van der Waals surface area contributed by atoms with Crippen LogP contribution in [0, 0.1) is 16.0 Å². The Labute approximate surface area is 191 Å². The monoisotopic (exact) mass is 475 g/mol. The van der Waals surface area contributed by atoms with E-state index in [2.05, 4.69) is 10.3 Å². The lowest BCUT2D eigenvalue weighted by atomic mass is 9.95. The van der Waals surface area contributed by atoms with Gasteiger partial charge in [-0.15, -0.1) is 0 Å². The Kier molecular flexibility index (Phi) is 6.86. The van der Waals surface area contributed by atoms with E-state index < -0.39 is 14.9 Å². The topological polar surface area (TPSA) is 135 Å². The van der Waals surface area contributed by atoms with Crippen molar-refractivity contribution in [2.24, 2.45) is 5.92 Å². The van der Waals surface area contributed by atoms with Crippen LogP contribution in [0.15, 0.2) is 47.6 Å². The van der Waals surface area contributed by atoms with E-state index in [4.69, 9.17) is 4.74 Å². The lowest BCUT2D eigenvalue weighted by molar-refractivity contribution is -0.384. The predicted molar refractivity (Wildman–Crippen MR) is 120 cm³/mol. The minimum Gasteiger partial charge on any atom is -0.379 e. The van der Waals surface area contributed by atoms with Gasteiger partial charge in [0.1, 0.15) is 5.69 Å². The molecule has 4 rings (SSSR count). The highest BCUT2D eigenvalue weighted by Gasteiger charge is 2.32. The summed E-state index contributed by atoms with van der Waals surface area (Å²) in [6.07, 6.45) is 4.25. The van der Waals surface area contributed by atoms with Crippen LogP contribution in [0.1, 0.15) is 12.8 Å². The molecule has 1 amide bonds. The van der Waals surface area contributed by atoms with Gasteiger partial charge in [-0.3, -0.25) is 19.9 Å². The van der Waals surface area contributed by atoms with Crippen molar-refractivity contribution in [3.63, 3.8) is 0 Å². The molecule has 2 aromatic rings. The number of piperidine rings is 1. The fourth-order valence-electron chi connectivity index (χ4n) is 4.08. The number of nitrogens with one attached hydrogen (secondary N) is 1. The molecule has 0 aliphatic carbocycles. The smallest absolute Gasteiger partial charge is 0.293 e. The number of amides is 1. The van der Waals surface area contributed by atoms with Crippen molar-refractivity contribution in [3.05, 3.63) is 52.8 Å². The van der Waals surface area contributed by atoms with Crippen LogP contribution in [0.25, 0.3) is 0 Å². The number of benzene rings is 1. The summed E-state index contributed by atoms with van der Waals surface area (Å²) in [5, 5.41) is 14.6. The summed E-state index contributed by atoms with van der Waals surface area (Å²) in [5.41, 5.74) is 0.715. The summed E-state index contributed by atoms with van der Waals surface area (Å²) in [6.45, 7) is 1.91. The number of sulfonamides is 1. The van der Waals surface area contributed by atoms with Crippen molar-refractivity contribution in [1.82, 2.24) is 9.29 Å². The Morgan fingerprint density at radius 1 is 1.15 bits per heavy atom. The minimum atomic E-state index is -3.84. The third-order valence-corrected chi connectivity index (χ3v) is 7.78. The number of rotatable bonds is 6. The highest BCUT2D eigenvalue weighted by atomic mass is 32.2. The first kappa shape index (κ1) is 23.1. The van der Waals surface area contributed by atoms with E-state index in [1.54, 1.807) is 24.5 Å². The number of carbonyl (C=O) groups excluding carboxylic acids is 1. The molecule has 2 aliphatic rings. The van der Waals surface area contributed by atoms with Gasteiger partial charge in [0.2, 0.25) is 15.9 Å². The van der Waals surface area contributed by atoms with E-state index in [1.807, 2.05) is 4.90 Å². The molecule has 2 saturated heterocycles. The Hall–Kier alpha value is -3.09. The largest absolute Gasteiger partial charge is 0.379 e. The average molecular weight is 476 g/mol. The molecular formula is C21H25N5O6S. The predicted octanol–water partition coefficient (Wildman–Crippen LogP) is 1.87. The number of nitrogens with zero attached hydrogens (tertiary/aromatic N) is 4. The molecule has 1 aromatic heterocycles. The first-order valence-corrected chi connectivity index (χ1v) is 12.1. The zero-order chi connectivity index (χ0) is 23.4. The van der Waals surface area contributed by atoms with Crippen LogP contribution < -0.4 is 10.2 Å². The lowest BCUT2D eigenvalue weighted by Crippen LogP contribution is -2.40. The van der Waals surface area contributed by atoms with E-state index in [0.717, 1.165) is 6.07 Å². The number of nitro benzene ring substituents is 1. The molecule has 33 heavy (non-hydrogen) atoms. The summed E-state index contributed by atoms with van der Waals surface area (Å²) >= 11 is 0. The van der Waals surface area contributed by atoms with Crippen LogP contribution in [0.4, 0.5) is 17.1 Å². The number of anilines is 2. The van der Waals surface area contributed by atoms with Crippen LogP contribution >= 0.6 is 0 Å². The molecule has 2 fully saturated rings. The van der Waals surface area contributed by atoms with Crippen molar-refractivity contribution in [2.45, 2.75) is 17.7 Å². The molecule has 12 heteroatoms. The number of carbonyl (C=O) groups is 1. The van der Waals surface area contributed by atoms with Crippen molar-refractivity contribution in [1.29, 1.82) is 0 Å². The highest BCUT2D eigenvalue weighted by Crippen LogP contribution is 2.34. The second kappa shape index (κ2) is 9.81. The molecule has 1 N–H and O–H groups in total. The third-order valence-electron chi connectivity index (χ3n) is 5.89. The first-order valence-electron chi connectivity index (χ1n) is 10.7. The van der Waals surface area contributed by atoms with Crippen LogP contribution in [0.5, 0.6) is 0 Å². The average Bonchev–Trinajstić information content (AvgIpc) is 2.85. The number of hydrogen-bond donors (Lipinski definition) is 1. The molecular weight excluding hydrogens is 450 g/mol. The van der Waals surface area contributed by atoms with Gasteiger partial charge in [-0.2, -0.15) is 4.31 Å². The SMILES string of the molecule is O=C(Nc1cccnc1)C1CCN(c2ccc(S(=O)(=O)N3CCOCC3)cc2[N+](=O)[O-])CC1. The molecule has 0 bridgehead atoms. The summed E-state index contributed by atoms with van der Waals surface area (Å²) in [6, 6.07) is 7.52. The van der Waals surface area contributed by atoms with E-state index >= 15 is 0 Å². The van der Waals surface area contributed by atoms with Crippen LogP contribution in [0.3, 0.4) is 0 Å². The minimum absolute atomic E-state index is 0.106. The molecule has 0 unspecified atom stereocenters. The van der Waals surface area contributed by atoms with Crippen molar-refractivity contribution in [2.75, 3.05) is 49.6 Å². The first-order chi connectivity index (χ1) is 15.9. The van der Waals surface area contributed by atoms with Gasteiger partial charge in [0.05, 0.1) is 34.9 Å². The third kappa shape index (κ3) is 5.13. The molecule has 11 nitrogen and oxygen atoms in total. The number of morpholine rings is 1. The number of aromatic nitrogens is 1. The van der Waals surface area contributed by atoms with Crippen molar-refractivity contribution >= 4 is 33.0 Å². The zero-order valence-electron chi connectivity index (χ0n) is 17.9. The normalized spacial score (nSPS) is 18.1. The Morgan fingerprint density at radius 2 is 1.88 bits per heavy atom. The molecule has 1 aromatic carbocycles. The summed E-state index contributed by atoms with van der Waals surface area (Å²) in [5.74, 6) is -0.328. The van der Waals surface area contributed by atoms with Gasteiger partial charge in [-0.1, -0.05) is 0 Å². The standard InChI is InChI=1S/C21H25N5O6S/c27-21(23-17-2-1-7-22-15-17)16-5-8-24(9-6-16)19-4-3-18(14-20(19)26(28)29)33(30,31)25-10-12-32-13-11-25/h1-4,7,14-16H,5-6,8-13H2,(H,23,27). The van der Waals surface area contributed by atoms with Crippen LogP contribution in [-0.4, -0.2) is 67.9 Å². The molecule has 0 atom stereocenters. The van der Waals surface area contributed by atoms with E-state index in [9.17, 15) is 23.3 Å². The molecule has 0 spiro atoms. The van der Waals surface area contributed by atoms with Gasteiger partial charge < -0.3 is 15.0 Å². The number of ether oxygens (including phenoxy) is 1. The van der Waals surface area contributed by atoms with E-state index in [1.165, 1.54) is 16.4 Å². The molecule has 0 saturated carbocycles. The zero-order valence-corrected chi connectivity index (χ0v) is 18.7. The van der Waals surface area contributed by atoms with Gasteiger partial charge in [0, 0.05) is 44.4 Å². The Balaban J connectivity index is 1.47. The van der Waals surface area contributed by atoms with Crippen molar-refractivity contribution in [3.8, 4) is 0 Å². The van der Waals surface area contributed by atoms with Gasteiger partial charge >= 0.3 is 0 Å². The Bertz CT molecular complexity index is 1110. The van der Waals surface area contributed by atoms with E-state index in [-0.39, 0.29) is 35.5 Å². The van der Waals surface area contributed by atoms with E-state index in [0.29, 0.717) is 50.5 Å². The van der Waals surface area contributed by atoms with Gasteiger partial charge in [0.15, 0.2) is 0 Å². The second-order valence-electron chi connectivity index (χ2n) is 7.92. The number of nitro groups is 1. The van der Waals surface area contributed by atoms with Gasteiger partial charge in [-0.25, -0.2) is 8.42 Å². The number of hydrogen-bond acceptors (Lipinski definition) is 8. The maximum absolute atomic E-state index is 12.9.